The lowest BCUT2D eigenvalue weighted by molar-refractivity contribution is 0.152. The van der Waals surface area contributed by atoms with Crippen molar-refractivity contribution in [2.75, 3.05) is 39.9 Å². The van der Waals surface area contributed by atoms with Gasteiger partial charge in [0.15, 0.2) is 0 Å². The van der Waals surface area contributed by atoms with Crippen LogP contribution in [0.15, 0.2) is 0 Å². The van der Waals surface area contributed by atoms with Gasteiger partial charge >= 0.3 is 0 Å². The lowest BCUT2D eigenvalue weighted by atomic mass is 10.1. The second kappa shape index (κ2) is 6.58. The van der Waals surface area contributed by atoms with Gasteiger partial charge in [0.05, 0.1) is 6.61 Å². The van der Waals surface area contributed by atoms with Gasteiger partial charge in [-0.3, -0.25) is 0 Å². The summed E-state index contributed by atoms with van der Waals surface area (Å²) in [6.45, 7) is 5.84. The highest BCUT2D eigenvalue weighted by atomic mass is 16.5. The van der Waals surface area contributed by atoms with E-state index < -0.39 is 0 Å². The molecule has 1 saturated heterocycles. The Bertz CT molecular complexity index is 188. The molecule has 16 heavy (non-hydrogen) atoms. The monoisotopic (exact) mass is 226 g/mol. The summed E-state index contributed by atoms with van der Waals surface area (Å²) < 4.78 is 5.27. The summed E-state index contributed by atoms with van der Waals surface area (Å²) in [5.74, 6) is 0.890. The molecule has 0 bridgehead atoms. The van der Waals surface area contributed by atoms with Crippen molar-refractivity contribution >= 4 is 0 Å². The SMILES string of the molecule is COCC(NCCN1CCCCC1)C1CC1. The van der Waals surface area contributed by atoms with Crippen LogP contribution >= 0.6 is 0 Å². The van der Waals surface area contributed by atoms with Crippen LogP contribution in [0, 0.1) is 5.92 Å². The molecule has 0 aromatic carbocycles. The molecule has 1 aliphatic carbocycles. The molecular weight excluding hydrogens is 200 g/mol. The summed E-state index contributed by atoms with van der Waals surface area (Å²) in [4.78, 5) is 2.59. The lowest BCUT2D eigenvalue weighted by Crippen LogP contribution is -2.41. The number of methoxy groups -OCH3 is 1. The number of hydrogen-bond donors (Lipinski definition) is 1. The molecule has 0 radical (unpaired) electrons. The molecule has 2 fully saturated rings. The quantitative estimate of drug-likeness (QED) is 0.712. The molecule has 0 spiro atoms. The first-order valence-electron chi connectivity index (χ1n) is 6.85. The second-order valence-electron chi connectivity index (χ2n) is 5.26. The third kappa shape index (κ3) is 4.04. The van der Waals surface area contributed by atoms with Crippen molar-refractivity contribution in [3.8, 4) is 0 Å². The Hall–Kier alpha value is -0.120. The predicted molar refractivity (Wildman–Crippen MR) is 66.7 cm³/mol. The highest BCUT2D eigenvalue weighted by Gasteiger charge is 2.30. The van der Waals surface area contributed by atoms with Gasteiger partial charge < -0.3 is 15.0 Å². The molecule has 1 heterocycles. The van der Waals surface area contributed by atoms with Crippen molar-refractivity contribution in [3.63, 3.8) is 0 Å². The van der Waals surface area contributed by atoms with Crippen LogP contribution in [0.4, 0.5) is 0 Å². The third-order valence-electron chi connectivity index (χ3n) is 3.82. The van der Waals surface area contributed by atoms with Gasteiger partial charge in [-0.1, -0.05) is 6.42 Å². The molecule has 3 heteroatoms. The number of hydrogen-bond acceptors (Lipinski definition) is 3. The molecule has 2 rings (SSSR count). The van der Waals surface area contributed by atoms with Crippen LogP contribution in [-0.4, -0.2) is 50.8 Å². The third-order valence-corrected chi connectivity index (χ3v) is 3.82. The van der Waals surface area contributed by atoms with Gasteiger partial charge in [-0.25, -0.2) is 0 Å². The maximum absolute atomic E-state index is 5.27. The first-order chi connectivity index (χ1) is 7.90. The van der Waals surface area contributed by atoms with E-state index in [0.717, 1.165) is 19.1 Å². The fraction of sp³-hybridized carbons (Fsp3) is 1.00. The first-order valence-corrected chi connectivity index (χ1v) is 6.85. The van der Waals surface area contributed by atoms with E-state index >= 15 is 0 Å². The summed E-state index contributed by atoms with van der Waals surface area (Å²) in [5.41, 5.74) is 0. The molecule has 0 amide bonds. The smallest absolute Gasteiger partial charge is 0.0618 e. The van der Waals surface area contributed by atoms with Crippen LogP contribution in [0.1, 0.15) is 32.1 Å². The van der Waals surface area contributed by atoms with Crippen LogP contribution in [-0.2, 0) is 4.74 Å². The van der Waals surface area contributed by atoms with E-state index in [4.69, 9.17) is 4.74 Å². The number of nitrogens with one attached hydrogen (secondary N) is 1. The zero-order valence-electron chi connectivity index (χ0n) is 10.6. The molecule has 94 valence electrons. The van der Waals surface area contributed by atoms with Gasteiger partial charge in [0.25, 0.3) is 0 Å². The molecule has 1 saturated carbocycles. The number of likely N-dealkylation sites (tertiary alicyclic amines) is 1. The van der Waals surface area contributed by atoms with Gasteiger partial charge in [-0.2, -0.15) is 0 Å². The molecule has 2 aliphatic rings. The largest absolute Gasteiger partial charge is 0.383 e. The van der Waals surface area contributed by atoms with Crippen LogP contribution < -0.4 is 5.32 Å². The summed E-state index contributed by atoms with van der Waals surface area (Å²) >= 11 is 0. The fourth-order valence-electron chi connectivity index (χ4n) is 2.63. The Kier molecular flexibility index (Phi) is 5.07. The summed E-state index contributed by atoms with van der Waals surface area (Å²) in [7, 11) is 1.81. The van der Waals surface area contributed by atoms with Crippen LogP contribution in [0.25, 0.3) is 0 Å². The standard InChI is InChI=1S/C13H26N2O/c1-16-11-13(12-5-6-12)14-7-10-15-8-3-2-4-9-15/h12-14H,2-11H2,1H3. The van der Waals surface area contributed by atoms with E-state index in [2.05, 4.69) is 10.2 Å². The molecule has 0 aromatic rings. The molecule has 1 unspecified atom stereocenters. The van der Waals surface area contributed by atoms with Crippen LogP contribution in [0.5, 0.6) is 0 Å². The van der Waals surface area contributed by atoms with Gasteiger partial charge in [0.1, 0.15) is 0 Å². The van der Waals surface area contributed by atoms with Crippen molar-refractivity contribution < 1.29 is 4.74 Å². The molecule has 1 N–H and O–H groups in total. The molecule has 1 aliphatic heterocycles. The van der Waals surface area contributed by atoms with Crippen molar-refractivity contribution in [3.05, 3.63) is 0 Å². The van der Waals surface area contributed by atoms with E-state index in [1.165, 1.54) is 51.7 Å². The van der Waals surface area contributed by atoms with Crippen molar-refractivity contribution in [1.29, 1.82) is 0 Å². The number of rotatable bonds is 7. The second-order valence-corrected chi connectivity index (χ2v) is 5.26. The number of piperidine rings is 1. The summed E-state index contributed by atoms with van der Waals surface area (Å²) in [6.07, 6.45) is 7.00. The maximum atomic E-state index is 5.27. The maximum Gasteiger partial charge on any atom is 0.0618 e. The van der Waals surface area contributed by atoms with Gasteiger partial charge in [-0.05, 0) is 44.7 Å². The van der Waals surface area contributed by atoms with E-state index in [9.17, 15) is 0 Å². The van der Waals surface area contributed by atoms with Crippen molar-refractivity contribution in [2.24, 2.45) is 5.92 Å². The Morgan fingerprint density at radius 2 is 2.00 bits per heavy atom. The van der Waals surface area contributed by atoms with Crippen LogP contribution in [0.3, 0.4) is 0 Å². The Labute approximate surface area is 99.5 Å². The highest BCUT2D eigenvalue weighted by Crippen LogP contribution is 2.32. The van der Waals surface area contributed by atoms with E-state index in [1.54, 1.807) is 0 Å². The minimum absolute atomic E-state index is 0.606. The van der Waals surface area contributed by atoms with Gasteiger partial charge in [0, 0.05) is 26.2 Å². The number of nitrogens with zero attached hydrogens (tertiary/aromatic N) is 1. The zero-order chi connectivity index (χ0) is 11.2. The number of ether oxygens (including phenoxy) is 1. The molecular formula is C13H26N2O. The van der Waals surface area contributed by atoms with E-state index in [1.807, 2.05) is 7.11 Å². The van der Waals surface area contributed by atoms with E-state index in [-0.39, 0.29) is 0 Å². The van der Waals surface area contributed by atoms with Crippen LogP contribution in [0.2, 0.25) is 0 Å². The summed E-state index contributed by atoms with van der Waals surface area (Å²) in [6, 6.07) is 0.606. The average molecular weight is 226 g/mol. The van der Waals surface area contributed by atoms with Crippen molar-refractivity contribution in [1.82, 2.24) is 10.2 Å². The lowest BCUT2D eigenvalue weighted by Gasteiger charge is -2.27. The van der Waals surface area contributed by atoms with E-state index in [0.29, 0.717) is 6.04 Å². The first kappa shape index (κ1) is 12.3. The summed E-state index contributed by atoms with van der Waals surface area (Å²) in [5, 5.41) is 3.66. The van der Waals surface area contributed by atoms with Gasteiger partial charge in [0.2, 0.25) is 0 Å². The average Bonchev–Trinajstić information content (AvgIpc) is 3.13. The fourth-order valence-corrected chi connectivity index (χ4v) is 2.63. The molecule has 3 nitrogen and oxygen atoms in total. The minimum Gasteiger partial charge on any atom is -0.383 e. The Balaban J connectivity index is 1.57. The highest BCUT2D eigenvalue weighted by molar-refractivity contribution is 4.86. The Morgan fingerprint density at radius 3 is 2.62 bits per heavy atom. The topological polar surface area (TPSA) is 24.5 Å². The van der Waals surface area contributed by atoms with Gasteiger partial charge in [-0.15, -0.1) is 0 Å². The normalized spacial score (nSPS) is 24.6. The van der Waals surface area contributed by atoms with Crippen molar-refractivity contribution in [2.45, 2.75) is 38.1 Å². The minimum atomic E-state index is 0.606. The Morgan fingerprint density at radius 1 is 1.25 bits per heavy atom. The molecule has 0 aromatic heterocycles. The predicted octanol–water partition coefficient (Wildman–Crippen LogP) is 1.49. The zero-order valence-corrected chi connectivity index (χ0v) is 10.6. The molecule has 1 atom stereocenters.